The van der Waals surface area contributed by atoms with Gasteiger partial charge in [-0.3, -0.25) is 0 Å². The van der Waals surface area contributed by atoms with E-state index in [0.717, 1.165) is 23.7 Å². The Balaban J connectivity index is 0.000000499. The lowest BCUT2D eigenvalue weighted by Gasteiger charge is -2.27. The molecule has 0 saturated carbocycles. The van der Waals surface area contributed by atoms with Crippen LogP contribution in [-0.4, -0.2) is 0 Å². The van der Waals surface area contributed by atoms with Crippen molar-refractivity contribution in [3.8, 4) is 0 Å². The van der Waals surface area contributed by atoms with E-state index in [2.05, 4.69) is 114 Å². The molecule has 0 radical (unpaired) electrons. The van der Waals surface area contributed by atoms with Crippen LogP contribution in [0.3, 0.4) is 0 Å². The first kappa shape index (κ1) is 35.7. The van der Waals surface area contributed by atoms with E-state index >= 15 is 0 Å². The fraction of sp³-hybridized carbons (Fsp3) is 0.526. The summed E-state index contributed by atoms with van der Waals surface area (Å²) in [6.45, 7) is 25.7. The molecule has 5 rings (SSSR count). The second-order valence-corrected chi connectivity index (χ2v) is 10.3. The Morgan fingerprint density at radius 2 is 0.553 bits per heavy atom. The molecule has 4 atom stereocenters. The molecular weight excluding hydrogens is 456 g/mol. The molecule has 0 heteroatoms. The molecular formula is C38H60. The molecule has 0 nitrogen and oxygen atoms in total. The van der Waals surface area contributed by atoms with Gasteiger partial charge in [0, 0.05) is 0 Å². The van der Waals surface area contributed by atoms with Crippen molar-refractivity contribution in [3.05, 3.63) is 106 Å². The number of benzene rings is 3. The number of fused-ring (bicyclic) bond motifs is 2. The summed E-state index contributed by atoms with van der Waals surface area (Å²) in [7, 11) is 0. The lowest BCUT2D eigenvalue weighted by Crippen LogP contribution is -2.20. The summed E-state index contributed by atoms with van der Waals surface area (Å²) in [5.41, 5.74) is 9.03. The summed E-state index contributed by atoms with van der Waals surface area (Å²) in [4.78, 5) is 0. The zero-order chi connectivity index (χ0) is 29.1. The third-order valence-electron chi connectivity index (χ3n) is 7.77. The highest BCUT2D eigenvalue weighted by atomic mass is 14.3. The highest BCUT2D eigenvalue weighted by Gasteiger charge is 2.21. The topological polar surface area (TPSA) is 0 Å². The standard InChI is InChI=1S/2C12H16.C8H10.3C2H6/c2*1-9-7-11-5-3-4-6-12(11)8-10(9)2;1-7-5-3-4-6-8(7)2;3*1-2/h2*3-6,9-10H,7-8H2,1-2H3;3-6H,1-2H3;3*1-2H3. The maximum atomic E-state index is 2.36. The molecule has 38 heavy (non-hydrogen) atoms. The predicted octanol–water partition coefficient (Wildman–Crippen LogP) is 11.5. The van der Waals surface area contributed by atoms with Crippen LogP contribution in [0.5, 0.6) is 0 Å². The minimum Gasteiger partial charge on any atom is -0.0683 e. The van der Waals surface area contributed by atoms with E-state index in [4.69, 9.17) is 0 Å². The van der Waals surface area contributed by atoms with Gasteiger partial charge in [-0.05, 0) is 96.6 Å². The van der Waals surface area contributed by atoms with Crippen molar-refractivity contribution in [2.24, 2.45) is 23.7 Å². The quantitative estimate of drug-likeness (QED) is 0.279. The summed E-state index contributed by atoms with van der Waals surface area (Å²) >= 11 is 0. The van der Waals surface area contributed by atoms with Crippen LogP contribution in [0.15, 0.2) is 72.8 Å². The van der Waals surface area contributed by atoms with E-state index in [0.29, 0.717) is 0 Å². The number of aryl methyl sites for hydroxylation is 2. The molecule has 0 amide bonds. The molecule has 0 aliphatic heterocycles. The molecule has 3 aromatic carbocycles. The monoisotopic (exact) mass is 516 g/mol. The SMILES string of the molecule is CC.CC.CC.CC1Cc2ccccc2CC1C.CC1Cc2ccccc2CC1C.Cc1ccccc1C. The average Bonchev–Trinajstić information content (AvgIpc) is 2.96. The van der Waals surface area contributed by atoms with Gasteiger partial charge < -0.3 is 0 Å². The lowest BCUT2D eigenvalue weighted by atomic mass is 9.78. The van der Waals surface area contributed by atoms with Gasteiger partial charge in [0.25, 0.3) is 0 Å². The van der Waals surface area contributed by atoms with Crippen LogP contribution in [0.4, 0.5) is 0 Å². The van der Waals surface area contributed by atoms with Crippen molar-refractivity contribution in [1.29, 1.82) is 0 Å². The van der Waals surface area contributed by atoms with E-state index < -0.39 is 0 Å². The molecule has 2 aliphatic rings. The van der Waals surface area contributed by atoms with Crippen molar-refractivity contribution in [2.75, 3.05) is 0 Å². The second kappa shape index (κ2) is 20.6. The third kappa shape index (κ3) is 12.0. The van der Waals surface area contributed by atoms with Gasteiger partial charge in [-0.1, -0.05) is 142 Å². The predicted molar refractivity (Wildman–Crippen MR) is 174 cm³/mol. The lowest BCUT2D eigenvalue weighted by molar-refractivity contribution is 0.361. The van der Waals surface area contributed by atoms with Crippen molar-refractivity contribution in [3.63, 3.8) is 0 Å². The first-order valence-electron chi connectivity index (χ1n) is 15.5. The first-order chi connectivity index (χ1) is 18.3. The largest absolute Gasteiger partial charge is 0.0683 e. The number of rotatable bonds is 0. The first-order valence-corrected chi connectivity index (χ1v) is 15.5. The van der Waals surface area contributed by atoms with E-state index in [1.54, 1.807) is 22.3 Å². The Morgan fingerprint density at radius 3 is 0.737 bits per heavy atom. The summed E-state index contributed by atoms with van der Waals surface area (Å²) < 4.78 is 0. The van der Waals surface area contributed by atoms with E-state index in [1.807, 2.05) is 41.5 Å². The molecule has 3 aromatic rings. The smallest absolute Gasteiger partial charge is 0.0248 e. The highest BCUT2D eigenvalue weighted by molar-refractivity contribution is 5.31. The maximum Gasteiger partial charge on any atom is -0.0248 e. The average molecular weight is 517 g/mol. The highest BCUT2D eigenvalue weighted by Crippen LogP contribution is 2.30. The molecule has 212 valence electrons. The van der Waals surface area contributed by atoms with Crippen molar-refractivity contribution in [2.45, 2.75) is 109 Å². The minimum atomic E-state index is 0.861. The fourth-order valence-electron chi connectivity index (χ4n) is 4.77. The van der Waals surface area contributed by atoms with Gasteiger partial charge in [0.15, 0.2) is 0 Å². The second-order valence-electron chi connectivity index (χ2n) is 10.3. The molecule has 0 bridgehead atoms. The maximum absolute atomic E-state index is 2.36. The van der Waals surface area contributed by atoms with E-state index in [-0.39, 0.29) is 0 Å². The van der Waals surface area contributed by atoms with Crippen molar-refractivity contribution >= 4 is 0 Å². The van der Waals surface area contributed by atoms with Crippen LogP contribution >= 0.6 is 0 Å². The van der Waals surface area contributed by atoms with Crippen LogP contribution in [0.1, 0.15) is 103 Å². The zero-order valence-electron chi connectivity index (χ0n) is 27.1. The molecule has 0 saturated heterocycles. The molecule has 4 unspecified atom stereocenters. The summed E-state index contributed by atoms with van der Waals surface area (Å²) in [5, 5.41) is 0. The Labute approximate surface area is 238 Å². The van der Waals surface area contributed by atoms with Gasteiger partial charge in [0.1, 0.15) is 0 Å². The van der Waals surface area contributed by atoms with Crippen molar-refractivity contribution < 1.29 is 0 Å². The van der Waals surface area contributed by atoms with Gasteiger partial charge in [-0.15, -0.1) is 0 Å². The van der Waals surface area contributed by atoms with Crippen molar-refractivity contribution in [1.82, 2.24) is 0 Å². The van der Waals surface area contributed by atoms with Crippen LogP contribution in [0, 0.1) is 37.5 Å². The van der Waals surface area contributed by atoms with E-state index in [1.165, 1.54) is 36.8 Å². The Morgan fingerprint density at radius 1 is 0.368 bits per heavy atom. The molecule has 2 aliphatic carbocycles. The Bertz CT molecular complexity index is 844. The van der Waals surface area contributed by atoms with Crippen LogP contribution < -0.4 is 0 Å². The van der Waals surface area contributed by atoms with Gasteiger partial charge in [-0.25, -0.2) is 0 Å². The van der Waals surface area contributed by atoms with Crippen LogP contribution in [-0.2, 0) is 25.7 Å². The van der Waals surface area contributed by atoms with Gasteiger partial charge in [0.2, 0.25) is 0 Å². The van der Waals surface area contributed by atoms with Gasteiger partial charge >= 0.3 is 0 Å². The number of hydrogen-bond acceptors (Lipinski definition) is 0. The van der Waals surface area contributed by atoms with Gasteiger partial charge in [-0.2, -0.15) is 0 Å². The molecule has 0 spiro atoms. The molecule has 0 aromatic heterocycles. The normalized spacial score (nSPS) is 20.2. The minimum absolute atomic E-state index is 0.861. The van der Waals surface area contributed by atoms with Crippen LogP contribution in [0.25, 0.3) is 0 Å². The Kier molecular flexibility index (Phi) is 19.3. The summed E-state index contributed by atoms with van der Waals surface area (Å²) in [6, 6.07) is 26.1. The third-order valence-corrected chi connectivity index (χ3v) is 7.77. The summed E-state index contributed by atoms with van der Waals surface area (Å²) in [5.74, 6) is 3.44. The van der Waals surface area contributed by atoms with E-state index in [9.17, 15) is 0 Å². The molecule has 0 heterocycles. The van der Waals surface area contributed by atoms with Gasteiger partial charge in [0.05, 0.1) is 0 Å². The molecule has 0 fully saturated rings. The van der Waals surface area contributed by atoms with Crippen LogP contribution in [0.2, 0.25) is 0 Å². The Hall–Kier alpha value is -2.34. The number of hydrogen-bond donors (Lipinski definition) is 0. The zero-order valence-corrected chi connectivity index (χ0v) is 27.1. The molecule has 0 N–H and O–H groups in total. The summed E-state index contributed by atoms with van der Waals surface area (Å²) in [6.07, 6.45) is 5.10. The fourth-order valence-corrected chi connectivity index (χ4v) is 4.77.